The molecule has 10 atom stereocenters. The number of ether oxygens (including phenoxy) is 2. The number of aromatic nitrogens is 2. The fraction of sp³-hybridized carbons (Fsp3) is 0.634. The van der Waals surface area contributed by atoms with Gasteiger partial charge >= 0.3 is 5.97 Å². The summed E-state index contributed by atoms with van der Waals surface area (Å²) >= 11 is 0. The summed E-state index contributed by atoms with van der Waals surface area (Å²) in [6.07, 6.45) is 12.0. The van der Waals surface area contributed by atoms with Crippen LogP contribution in [0.1, 0.15) is 91.5 Å². The van der Waals surface area contributed by atoms with Crippen LogP contribution in [-0.4, -0.2) is 96.9 Å². The zero-order valence-corrected chi connectivity index (χ0v) is 34.3. The molecule has 4 aliphatic carbocycles. The number of nitrogens with zero attached hydrogens (tertiary/aromatic N) is 2. The topological polar surface area (TPSA) is 220 Å². The van der Waals surface area contributed by atoms with Crippen molar-refractivity contribution < 1.29 is 47.0 Å². The van der Waals surface area contributed by atoms with Gasteiger partial charge in [-0.25, -0.2) is 18.4 Å². The minimum absolute atomic E-state index is 0.000803. The molecule has 0 aromatic carbocycles. The number of aliphatic hydroxyl groups excluding tert-OH is 1. The average Bonchev–Trinajstić information content (AvgIpc) is 3.39. The Bertz CT molecular complexity index is 1960. The van der Waals surface area contributed by atoms with E-state index < -0.39 is 45.8 Å². The molecule has 15 nitrogen and oxygen atoms in total. The highest BCUT2D eigenvalue weighted by molar-refractivity contribution is 7.90. The molecule has 310 valence electrons. The van der Waals surface area contributed by atoms with E-state index in [1.165, 1.54) is 26.2 Å². The Morgan fingerprint density at radius 2 is 1.77 bits per heavy atom. The molecule has 1 aromatic rings. The Labute approximate surface area is 334 Å². The number of nitrogens with one attached hydrogen (secondary N) is 3. The van der Waals surface area contributed by atoms with Crippen molar-refractivity contribution in [3.63, 3.8) is 0 Å². The van der Waals surface area contributed by atoms with E-state index in [0.29, 0.717) is 24.8 Å². The predicted molar refractivity (Wildman–Crippen MR) is 207 cm³/mol. The van der Waals surface area contributed by atoms with Crippen LogP contribution in [0.2, 0.25) is 0 Å². The molecule has 0 bridgehead atoms. The van der Waals surface area contributed by atoms with Gasteiger partial charge in [0.25, 0.3) is 0 Å². The Hall–Kier alpha value is -4.46. The molecule has 0 aliphatic heterocycles. The molecular weight excluding hydrogens is 755 g/mol. The van der Waals surface area contributed by atoms with Gasteiger partial charge in [-0.1, -0.05) is 44.3 Å². The molecule has 1 aromatic heterocycles. The second kappa shape index (κ2) is 18.0. The SMILES string of the molecule is CC1CC2C3CCC4=CC(=O)C=CC4(C)C3C(O)CC2(C)C1OC(=O)CCOCNC(=O)[C@H](C)NC(=O)[C@H](C)NC(=O)CCCC#Cc1cnc(S(C)(=O)=O)nc1. The number of amides is 3. The zero-order chi connectivity index (χ0) is 41.7. The summed E-state index contributed by atoms with van der Waals surface area (Å²) in [6.45, 7) is 9.19. The summed E-state index contributed by atoms with van der Waals surface area (Å²) in [6, 6.07) is -1.83. The van der Waals surface area contributed by atoms with Crippen molar-refractivity contribution >= 4 is 39.3 Å². The highest BCUT2D eigenvalue weighted by atomic mass is 32.2. The summed E-state index contributed by atoms with van der Waals surface area (Å²) in [7, 11) is -3.50. The van der Waals surface area contributed by atoms with E-state index in [-0.39, 0.29) is 83.6 Å². The number of sulfone groups is 1. The predicted octanol–water partition coefficient (Wildman–Crippen LogP) is 2.33. The highest BCUT2D eigenvalue weighted by Crippen LogP contribution is 2.65. The van der Waals surface area contributed by atoms with Crippen LogP contribution in [0.3, 0.4) is 0 Å². The van der Waals surface area contributed by atoms with Crippen LogP contribution < -0.4 is 16.0 Å². The number of hydrogen-bond acceptors (Lipinski definition) is 12. The first-order valence-corrected chi connectivity index (χ1v) is 21.5. The first-order chi connectivity index (χ1) is 26.8. The third-order valence-electron chi connectivity index (χ3n) is 12.2. The van der Waals surface area contributed by atoms with Gasteiger partial charge in [0, 0.05) is 48.2 Å². The molecule has 57 heavy (non-hydrogen) atoms. The summed E-state index contributed by atoms with van der Waals surface area (Å²) in [4.78, 5) is 70.2. The van der Waals surface area contributed by atoms with Gasteiger partial charge in [-0.15, -0.1) is 0 Å². The summed E-state index contributed by atoms with van der Waals surface area (Å²) in [5.41, 5.74) is 0.793. The van der Waals surface area contributed by atoms with Gasteiger partial charge in [-0.3, -0.25) is 24.0 Å². The minimum Gasteiger partial charge on any atom is -0.461 e. The van der Waals surface area contributed by atoms with Crippen LogP contribution in [-0.2, 0) is 43.3 Å². The van der Waals surface area contributed by atoms with Crippen LogP contribution in [0.4, 0.5) is 0 Å². The van der Waals surface area contributed by atoms with Crippen molar-refractivity contribution in [2.75, 3.05) is 19.6 Å². The number of unbranched alkanes of at least 4 members (excludes halogenated alkanes) is 1. The zero-order valence-electron chi connectivity index (χ0n) is 33.5. The number of allylic oxidation sites excluding steroid dienone is 4. The maximum atomic E-state index is 13.0. The van der Waals surface area contributed by atoms with Crippen molar-refractivity contribution in [3.05, 3.63) is 41.8 Å². The smallest absolute Gasteiger partial charge is 0.308 e. The summed E-state index contributed by atoms with van der Waals surface area (Å²) in [5, 5.41) is 19.0. The standard InChI is InChI=1S/C41H55N5O10S/c1-24-18-31-30-13-12-28-19-29(47)14-16-40(28,4)35(30)32(48)20-41(31,5)36(24)56-34(50)15-17-55-23-44-37(51)25(2)46-38(52)26(3)45-33(49)11-9-7-8-10-27-21-42-39(43-22-27)57(6,53)54/h14,16,19,21-22,24-26,30-32,35-36,48H,7,9,11-13,15,17-18,20,23H2,1-6H3,(H,44,51)(H,45,49)(H,46,52)/t24?,25-,26-,30?,31?,32?,35?,36?,40?,41?/m0/s1. The molecule has 0 saturated heterocycles. The average molecular weight is 810 g/mol. The molecule has 4 N–H and O–H groups in total. The number of ketones is 1. The third kappa shape index (κ3) is 10.2. The third-order valence-corrected chi connectivity index (χ3v) is 13.1. The van der Waals surface area contributed by atoms with Gasteiger partial charge < -0.3 is 30.5 Å². The van der Waals surface area contributed by atoms with Crippen LogP contribution in [0.5, 0.6) is 0 Å². The number of rotatable bonds is 14. The Morgan fingerprint density at radius 1 is 1.07 bits per heavy atom. The summed E-state index contributed by atoms with van der Waals surface area (Å²) < 4.78 is 34.5. The van der Waals surface area contributed by atoms with E-state index in [1.807, 2.05) is 6.08 Å². The molecule has 8 unspecified atom stereocenters. The second-order valence-corrected chi connectivity index (χ2v) is 18.4. The second-order valence-electron chi connectivity index (χ2n) is 16.5. The van der Waals surface area contributed by atoms with Crippen molar-refractivity contribution in [2.45, 2.75) is 115 Å². The molecule has 5 rings (SSSR count). The first-order valence-electron chi connectivity index (χ1n) is 19.6. The van der Waals surface area contributed by atoms with Gasteiger partial charge in [-0.05, 0) is 75.9 Å². The van der Waals surface area contributed by atoms with E-state index in [0.717, 1.165) is 31.1 Å². The fourth-order valence-corrected chi connectivity index (χ4v) is 9.95. The number of carbonyl (C=O) groups is 5. The molecule has 16 heteroatoms. The summed E-state index contributed by atoms with van der Waals surface area (Å²) in [5.74, 6) is 4.47. The molecule has 3 saturated carbocycles. The van der Waals surface area contributed by atoms with Crippen LogP contribution >= 0.6 is 0 Å². The molecule has 3 fully saturated rings. The normalized spacial score (nSPS) is 29.9. The van der Waals surface area contributed by atoms with Crippen LogP contribution in [0.25, 0.3) is 0 Å². The van der Waals surface area contributed by atoms with E-state index >= 15 is 0 Å². The number of aliphatic hydroxyl groups is 1. The quantitative estimate of drug-likeness (QED) is 0.0700. The van der Waals surface area contributed by atoms with E-state index in [9.17, 15) is 37.5 Å². The van der Waals surface area contributed by atoms with E-state index in [2.05, 4.69) is 58.5 Å². The van der Waals surface area contributed by atoms with Gasteiger partial charge in [-0.2, -0.15) is 0 Å². The van der Waals surface area contributed by atoms with Crippen molar-refractivity contribution in [1.29, 1.82) is 0 Å². The number of hydrogen-bond donors (Lipinski definition) is 4. The van der Waals surface area contributed by atoms with Crippen molar-refractivity contribution in [2.24, 2.45) is 34.5 Å². The number of carbonyl (C=O) groups excluding carboxylic acids is 5. The lowest BCUT2D eigenvalue weighted by molar-refractivity contribution is -0.171. The highest BCUT2D eigenvalue weighted by Gasteiger charge is 2.64. The van der Waals surface area contributed by atoms with Gasteiger partial charge in [0.15, 0.2) is 5.78 Å². The Balaban J connectivity index is 0.970. The lowest BCUT2D eigenvalue weighted by Gasteiger charge is -2.58. The molecule has 3 amide bonds. The van der Waals surface area contributed by atoms with Crippen molar-refractivity contribution in [3.8, 4) is 11.8 Å². The lowest BCUT2D eigenvalue weighted by Crippen LogP contribution is -2.57. The van der Waals surface area contributed by atoms with Gasteiger partial charge in [0.2, 0.25) is 32.7 Å². The molecule has 0 spiro atoms. The maximum absolute atomic E-state index is 13.0. The first kappa shape index (κ1) is 43.7. The maximum Gasteiger partial charge on any atom is 0.308 e. The van der Waals surface area contributed by atoms with Gasteiger partial charge in [0.05, 0.1) is 24.7 Å². The molecular formula is C41H55N5O10S. The minimum atomic E-state index is -3.50. The molecule has 0 radical (unpaired) electrons. The largest absolute Gasteiger partial charge is 0.461 e. The number of esters is 1. The van der Waals surface area contributed by atoms with Crippen molar-refractivity contribution in [1.82, 2.24) is 25.9 Å². The Kier molecular flexibility index (Phi) is 13.8. The lowest BCUT2D eigenvalue weighted by atomic mass is 9.47. The van der Waals surface area contributed by atoms with Crippen LogP contribution in [0.15, 0.2) is 41.4 Å². The number of fused-ring (bicyclic) bond motifs is 5. The van der Waals surface area contributed by atoms with E-state index in [4.69, 9.17) is 9.47 Å². The van der Waals surface area contributed by atoms with Gasteiger partial charge in [0.1, 0.15) is 24.9 Å². The molecule has 4 aliphatic rings. The fourth-order valence-electron chi connectivity index (χ4n) is 9.46. The van der Waals surface area contributed by atoms with Crippen LogP contribution in [0, 0.1) is 46.3 Å². The van der Waals surface area contributed by atoms with E-state index in [1.54, 1.807) is 12.2 Å². The molecule has 1 heterocycles. The Morgan fingerprint density at radius 3 is 2.47 bits per heavy atom. The monoisotopic (exact) mass is 809 g/mol.